The molecule has 0 spiro atoms. The first kappa shape index (κ1) is 12.6. The number of amidine groups is 1. The molecule has 0 radical (unpaired) electrons. The predicted octanol–water partition coefficient (Wildman–Crippen LogP) is -0.220. The molecule has 0 aromatic carbocycles. The van der Waals surface area contributed by atoms with Crippen LogP contribution in [0.1, 0.15) is 18.5 Å². The highest BCUT2D eigenvalue weighted by molar-refractivity contribution is 5.95. The Labute approximate surface area is 105 Å². The minimum absolute atomic E-state index is 0.0242. The third-order valence-corrected chi connectivity index (χ3v) is 3.17. The smallest absolute Gasteiger partial charge is 0.225 e. The van der Waals surface area contributed by atoms with Crippen LogP contribution in [-0.2, 0) is 0 Å². The van der Waals surface area contributed by atoms with E-state index in [2.05, 4.69) is 15.1 Å². The van der Waals surface area contributed by atoms with Gasteiger partial charge in [-0.3, -0.25) is 0 Å². The van der Waals surface area contributed by atoms with Gasteiger partial charge in [0.15, 0.2) is 5.84 Å². The van der Waals surface area contributed by atoms with E-state index in [1.807, 2.05) is 4.90 Å². The number of nitrogens with two attached hydrogens (primary N) is 1. The molecule has 0 bridgehead atoms. The molecule has 1 aliphatic heterocycles. The minimum atomic E-state index is -0.0242. The number of oxime groups is 1. The van der Waals surface area contributed by atoms with Crippen LogP contribution in [0, 0.1) is 5.92 Å². The topological polar surface area (TPSA) is 108 Å². The average Bonchev–Trinajstić information content (AvgIpc) is 2.46. The van der Waals surface area contributed by atoms with Crippen LogP contribution < -0.4 is 10.6 Å². The zero-order valence-electron chi connectivity index (χ0n) is 10.0. The fraction of sp³-hybridized carbons (Fsp3) is 0.545. The van der Waals surface area contributed by atoms with Crippen molar-refractivity contribution in [2.45, 2.75) is 12.8 Å². The fourth-order valence-corrected chi connectivity index (χ4v) is 2.01. The highest BCUT2D eigenvalue weighted by Gasteiger charge is 2.20. The van der Waals surface area contributed by atoms with E-state index in [9.17, 15) is 0 Å². The summed E-state index contributed by atoms with van der Waals surface area (Å²) in [4.78, 5) is 10.5. The van der Waals surface area contributed by atoms with Crippen molar-refractivity contribution in [3.63, 3.8) is 0 Å². The van der Waals surface area contributed by atoms with Gasteiger partial charge >= 0.3 is 0 Å². The molecule has 1 aromatic heterocycles. The summed E-state index contributed by atoms with van der Waals surface area (Å²) < 4.78 is 0. The second kappa shape index (κ2) is 5.63. The summed E-state index contributed by atoms with van der Waals surface area (Å²) in [5, 5.41) is 20.6. The normalized spacial score (nSPS) is 18.1. The number of aliphatic hydroxyl groups is 1. The van der Waals surface area contributed by atoms with Gasteiger partial charge in [-0.15, -0.1) is 0 Å². The number of aliphatic hydroxyl groups excluding tert-OH is 1. The molecule has 7 nitrogen and oxygen atoms in total. The summed E-state index contributed by atoms with van der Waals surface area (Å²) in [5.41, 5.74) is 5.90. The molecule has 2 heterocycles. The van der Waals surface area contributed by atoms with Crippen molar-refractivity contribution in [3.05, 3.63) is 18.0 Å². The first-order chi connectivity index (χ1) is 8.74. The van der Waals surface area contributed by atoms with Crippen LogP contribution in [0.2, 0.25) is 0 Å². The van der Waals surface area contributed by atoms with Crippen molar-refractivity contribution in [2.24, 2.45) is 16.8 Å². The second-order valence-electron chi connectivity index (χ2n) is 4.34. The van der Waals surface area contributed by atoms with Crippen LogP contribution in [0.25, 0.3) is 0 Å². The van der Waals surface area contributed by atoms with Crippen LogP contribution in [0.4, 0.5) is 5.95 Å². The number of rotatable bonds is 3. The largest absolute Gasteiger partial charge is 0.409 e. The lowest BCUT2D eigenvalue weighted by molar-refractivity contribution is 0.202. The first-order valence-electron chi connectivity index (χ1n) is 5.91. The van der Waals surface area contributed by atoms with Crippen molar-refractivity contribution in [1.29, 1.82) is 0 Å². The summed E-state index contributed by atoms with van der Waals surface area (Å²) in [5.74, 6) is 0.924. The number of hydrogen-bond donors (Lipinski definition) is 3. The molecule has 0 saturated carbocycles. The quantitative estimate of drug-likeness (QED) is 0.297. The number of aromatic nitrogens is 2. The third-order valence-electron chi connectivity index (χ3n) is 3.17. The summed E-state index contributed by atoms with van der Waals surface area (Å²) in [6, 6.07) is 1.60. The maximum Gasteiger partial charge on any atom is 0.225 e. The molecule has 0 amide bonds. The first-order valence-corrected chi connectivity index (χ1v) is 5.91. The SMILES string of the molecule is N/C(=N/O)c1ccnc(N2CCC(CO)CC2)n1. The highest BCUT2D eigenvalue weighted by atomic mass is 16.4. The van der Waals surface area contributed by atoms with Gasteiger partial charge in [-0.2, -0.15) is 0 Å². The molecule has 4 N–H and O–H groups in total. The van der Waals surface area contributed by atoms with E-state index in [4.69, 9.17) is 16.0 Å². The van der Waals surface area contributed by atoms with E-state index < -0.39 is 0 Å². The van der Waals surface area contributed by atoms with Crippen LogP contribution in [0.3, 0.4) is 0 Å². The van der Waals surface area contributed by atoms with Crippen molar-refractivity contribution < 1.29 is 10.3 Å². The van der Waals surface area contributed by atoms with E-state index in [0.29, 0.717) is 17.6 Å². The average molecular weight is 251 g/mol. The van der Waals surface area contributed by atoms with Crippen LogP contribution >= 0.6 is 0 Å². The van der Waals surface area contributed by atoms with Gasteiger partial charge < -0.3 is 20.9 Å². The van der Waals surface area contributed by atoms with Gasteiger partial charge in [0.2, 0.25) is 5.95 Å². The Balaban J connectivity index is 2.10. The van der Waals surface area contributed by atoms with Gasteiger partial charge in [0, 0.05) is 25.9 Å². The van der Waals surface area contributed by atoms with Crippen molar-refractivity contribution in [2.75, 3.05) is 24.6 Å². The Hall–Kier alpha value is -1.89. The zero-order valence-corrected chi connectivity index (χ0v) is 10.0. The standard InChI is InChI=1S/C11H17N5O2/c12-10(15-18)9-1-4-13-11(14-9)16-5-2-8(7-17)3-6-16/h1,4,8,17-18H,2-3,5-7H2,(H2,12,15). The molecule has 7 heteroatoms. The molecule has 0 aliphatic carbocycles. The lowest BCUT2D eigenvalue weighted by Crippen LogP contribution is -2.36. The minimum Gasteiger partial charge on any atom is -0.409 e. The van der Waals surface area contributed by atoms with Crippen LogP contribution in [0.5, 0.6) is 0 Å². The van der Waals surface area contributed by atoms with Gasteiger partial charge in [0.25, 0.3) is 0 Å². The molecule has 1 aliphatic rings. The second-order valence-corrected chi connectivity index (χ2v) is 4.34. The number of anilines is 1. The van der Waals surface area contributed by atoms with E-state index in [0.717, 1.165) is 25.9 Å². The van der Waals surface area contributed by atoms with Crippen molar-refractivity contribution >= 4 is 11.8 Å². The van der Waals surface area contributed by atoms with Gasteiger partial charge in [-0.05, 0) is 24.8 Å². The Morgan fingerprint density at radius 1 is 1.50 bits per heavy atom. The fourth-order valence-electron chi connectivity index (χ4n) is 2.01. The Morgan fingerprint density at radius 2 is 2.22 bits per heavy atom. The zero-order chi connectivity index (χ0) is 13.0. The predicted molar refractivity (Wildman–Crippen MR) is 66.6 cm³/mol. The molecule has 18 heavy (non-hydrogen) atoms. The maximum absolute atomic E-state index is 9.09. The Morgan fingerprint density at radius 3 is 2.83 bits per heavy atom. The van der Waals surface area contributed by atoms with E-state index in [1.165, 1.54) is 0 Å². The monoisotopic (exact) mass is 251 g/mol. The van der Waals surface area contributed by atoms with Crippen molar-refractivity contribution in [3.8, 4) is 0 Å². The molecule has 1 fully saturated rings. The number of hydrogen-bond acceptors (Lipinski definition) is 6. The summed E-state index contributed by atoms with van der Waals surface area (Å²) >= 11 is 0. The summed E-state index contributed by atoms with van der Waals surface area (Å²) in [6.45, 7) is 1.86. The Kier molecular flexibility index (Phi) is 3.93. The molecule has 0 unspecified atom stereocenters. The summed E-state index contributed by atoms with van der Waals surface area (Å²) in [7, 11) is 0. The highest BCUT2D eigenvalue weighted by Crippen LogP contribution is 2.19. The van der Waals surface area contributed by atoms with E-state index in [-0.39, 0.29) is 12.4 Å². The van der Waals surface area contributed by atoms with Crippen molar-refractivity contribution in [1.82, 2.24) is 9.97 Å². The molecular formula is C11H17N5O2. The maximum atomic E-state index is 9.09. The Bertz CT molecular complexity index is 429. The molecular weight excluding hydrogens is 234 g/mol. The number of piperidine rings is 1. The van der Waals surface area contributed by atoms with E-state index >= 15 is 0 Å². The molecule has 0 atom stereocenters. The molecule has 2 rings (SSSR count). The molecule has 1 aromatic rings. The molecule has 1 saturated heterocycles. The van der Waals surface area contributed by atoms with Gasteiger partial charge in [0.05, 0.1) is 0 Å². The van der Waals surface area contributed by atoms with Gasteiger partial charge in [-0.25, -0.2) is 9.97 Å². The van der Waals surface area contributed by atoms with Crippen LogP contribution in [-0.4, -0.2) is 45.8 Å². The third kappa shape index (κ3) is 2.67. The lowest BCUT2D eigenvalue weighted by Gasteiger charge is -2.31. The summed E-state index contributed by atoms with van der Waals surface area (Å²) in [6.07, 6.45) is 3.44. The van der Waals surface area contributed by atoms with Crippen LogP contribution in [0.15, 0.2) is 17.4 Å². The number of nitrogens with zero attached hydrogens (tertiary/aromatic N) is 4. The van der Waals surface area contributed by atoms with E-state index in [1.54, 1.807) is 12.3 Å². The van der Waals surface area contributed by atoms with Gasteiger partial charge in [-0.1, -0.05) is 5.16 Å². The lowest BCUT2D eigenvalue weighted by atomic mass is 9.98. The molecule has 98 valence electrons. The van der Waals surface area contributed by atoms with Gasteiger partial charge in [0.1, 0.15) is 5.69 Å².